The summed E-state index contributed by atoms with van der Waals surface area (Å²) >= 11 is 1.58. The number of hydrogen-bond donors (Lipinski definition) is 2. The summed E-state index contributed by atoms with van der Waals surface area (Å²) in [6.07, 6.45) is 3.56. The number of amides is 2. The quantitative estimate of drug-likeness (QED) is 0.754. The number of unbranched alkanes of at least 4 members (excludes halogenated alkanes) is 1. The summed E-state index contributed by atoms with van der Waals surface area (Å²) in [5, 5.41) is 2.00. The predicted octanol–water partition coefficient (Wildman–Crippen LogP) is 1.93. The largest absolute Gasteiger partial charge is 0.370 e. The van der Waals surface area contributed by atoms with Gasteiger partial charge in [-0.15, -0.1) is 11.3 Å². The molecule has 0 aliphatic rings. The van der Waals surface area contributed by atoms with E-state index in [1.807, 2.05) is 5.38 Å². The van der Waals surface area contributed by atoms with Crippen LogP contribution in [-0.4, -0.2) is 11.8 Å². The molecule has 4 nitrogen and oxygen atoms in total. The van der Waals surface area contributed by atoms with Crippen molar-refractivity contribution >= 4 is 23.2 Å². The van der Waals surface area contributed by atoms with E-state index in [4.69, 9.17) is 11.5 Å². The van der Waals surface area contributed by atoms with E-state index in [1.54, 1.807) is 11.3 Å². The van der Waals surface area contributed by atoms with E-state index in [0.29, 0.717) is 0 Å². The third-order valence-corrected chi connectivity index (χ3v) is 3.97. The standard InChI is InChI=1S/C13H20N2O2S/c1-2-3-4-9-5-6-18-13(9)10(7-11(14)16)8-12(15)17/h5-6,10H,2-4,7-8H2,1H3,(H2,14,16)(H2,15,17). The molecule has 0 spiro atoms. The van der Waals surface area contributed by atoms with Crippen molar-refractivity contribution in [3.63, 3.8) is 0 Å². The maximum atomic E-state index is 11.1. The lowest BCUT2D eigenvalue weighted by molar-refractivity contribution is -0.119. The summed E-state index contributed by atoms with van der Waals surface area (Å²) in [6, 6.07) is 2.06. The third kappa shape index (κ3) is 4.49. The first-order valence-corrected chi connectivity index (χ1v) is 7.05. The van der Waals surface area contributed by atoms with Gasteiger partial charge in [-0.3, -0.25) is 9.59 Å². The fraction of sp³-hybridized carbons (Fsp3) is 0.538. The predicted molar refractivity (Wildman–Crippen MR) is 73.3 cm³/mol. The number of hydrogen-bond acceptors (Lipinski definition) is 3. The van der Waals surface area contributed by atoms with Crippen LogP contribution in [0, 0.1) is 0 Å². The zero-order valence-electron chi connectivity index (χ0n) is 10.6. The molecule has 0 aliphatic heterocycles. The summed E-state index contributed by atoms with van der Waals surface area (Å²) in [5.74, 6) is -0.945. The van der Waals surface area contributed by atoms with Gasteiger partial charge in [-0.1, -0.05) is 13.3 Å². The fourth-order valence-corrected chi connectivity index (χ4v) is 3.08. The summed E-state index contributed by atoms with van der Waals surface area (Å²) in [5.41, 5.74) is 11.7. The molecule has 2 amide bonds. The molecular formula is C13H20N2O2S. The van der Waals surface area contributed by atoms with Crippen LogP contribution in [0.3, 0.4) is 0 Å². The van der Waals surface area contributed by atoms with Crippen LogP contribution in [0.15, 0.2) is 11.4 Å². The van der Waals surface area contributed by atoms with E-state index < -0.39 is 11.8 Å². The lowest BCUT2D eigenvalue weighted by Crippen LogP contribution is -2.21. The molecule has 1 rings (SSSR count). The topological polar surface area (TPSA) is 86.2 Å². The Bertz CT molecular complexity index is 399. The second-order valence-corrected chi connectivity index (χ2v) is 5.40. The molecule has 100 valence electrons. The van der Waals surface area contributed by atoms with Gasteiger partial charge in [0.25, 0.3) is 0 Å². The van der Waals surface area contributed by atoms with Crippen molar-refractivity contribution in [1.29, 1.82) is 0 Å². The lowest BCUT2D eigenvalue weighted by Gasteiger charge is -2.14. The molecule has 1 aromatic heterocycles. The van der Waals surface area contributed by atoms with Gasteiger partial charge in [0.1, 0.15) is 0 Å². The van der Waals surface area contributed by atoms with E-state index in [2.05, 4.69) is 13.0 Å². The van der Waals surface area contributed by atoms with Gasteiger partial charge in [0.15, 0.2) is 0 Å². The summed E-state index contributed by atoms with van der Waals surface area (Å²) in [6.45, 7) is 2.14. The Balaban J connectivity index is 2.86. The first kappa shape index (κ1) is 14.7. The highest BCUT2D eigenvalue weighted by molar-refractivity contribution is 7.10. The molecule has 4 N–H and O–H groups in total. The molecular weight excluding hydrogens is 248 g/mol. The van der Waals surface area contributed by atoms with E-state index in [0.717, 1.165) is 24.1 Å². The van der Waals surface area contributed by atoms with Crippen LogP contribution in [0.25, 0.3) is 0 Å². The Morgan fingerprint density at radius 1 is 1.28 bits per heavy atom. The highest BCUT2D eigenvalue weighted by Gasteiger charge is 2.21. The minimum atomic E-state index is -0.393. The summed E-state index contributed by atoms with van der Waals surface area (Å²) < 4.78 is 0. The van der Waals surface area contributed by atoms with Crippen LogP contribution in [0.5, 0.6) is 0 Å². The average molecular weight is 268 g/mol. The molecule has 0 aromatic carbocycles. The second kappa shape index (κ2) is 7.16. The molecule has 1 heterocycles. The minimum Gasteiger partial charge on any atom is -0.370 e. The fourth-order valence-electron chi connectivity index (χ4n) is 2.02. The van der Waals surface area contributed by atoms with Crippen LogP contribution < -0.4 is 11.5 Å². The van der Waals surface area contributed by atoms with E-state index >= 15 is 0 Å². The molecule has 0 aliphatic carbocycles. The monoisotopic (exact) mass is 268 g/mol. The minimum absolute atomic E-state index is 0.160. The molecule has 0 atom stereocenters. The maximum absolute atomic E-state index is 11.1. The van der Waals surface area contributed by atoms with E-state index in [9.17, 15) is 9.59 Å². The summed E-state index contributed by atoms with van der Waals surface area (Å²) in [7, 11) is 0. The van der Waals surface area contributed by atoms with Crippen molar-refractivity contribution in [3.8, 4) is 0 Å². The van der Waals surface area contributed by atoms with Crippen molar-refractivity contribution in [2.75, 3.05) is 0 Å². The molecule has 18 heavy (non-hydrogen) atoms. The van der Waals surface area contributed by atoms with Crippen LogP contribution in [0.4, 0.5) is 0 Å². The molecule has 5 heteroatoms. The Labute approximate surface area is 111 Å². The van der Waals surface area contributed by atoms with Crippen molar-refractivity contribution < 1.29 is 9.59 Å². The number of thiophene rings is 1. The first-order chi connectivity index (χ1) is 8.54. The van der Waals surface area contributed by atoms with Crippen molar-refractivity contribution in [3.05, 3.63) is 21.9 Å². The zero-order valence-corrected chi connectivity index (χ0v) is 11.5. The second-order valence-electron chi connectivity index (χ2n) is 4.45. The third-order valence-electron chi connectivity index (χ3n) is 2.85. The molecule has 0 saturated carbocycles. The first-order valence-electron chi connectivity index (χ1n) is 6.17. The number of aryl methyl sites for hydroxylation is 1. The Hall–Kier alpha value is -1.36. The van der Waals surface area contributed by atoms with Gasteiger partial charge in [-0.05, 0) is 29.9 Å². The number of carbonyl (C=O) groups is 2. The molecule has 1 aromatic rings. The molecule has 0 radical (unpaired) electrons. The van der Waals surface area contributed by atoms with Gasteiger partial charge >= 0.3 is 0 Å². The molecule has 0 unspecified atom stereocenters. The number of nitrogens with two attached hydrogens (primary N) is 2. The average Bonchev–Trinajstić information content (AvgIpc) is 2.72. The lowest BCUT2D eigenvalue weighted by atomic mass is 9.94. The van der Waals surface area contributed by atoms with Gasteiger partial charge in [0.05, 0.1) is 0 Å². The number of primary amides is 2. The number of rotatable bonds is 8. The Morgan fingerprint density at radius 3 is 2.39 bits per heavy atom. The molecule has 0 saturated heterocycles. The maximum Gasteiger partial charge on any atom is 0.218 e. The summed E-state index contributed by atoms with van der Waals surface area (Å²) in [4.78, 5) is 23.3. The van der Waals surface area contributed by atoms with E-state index in [1.165, 1.54) is 5.56 Å². The molecule has 0 bridgehead atoms. The smallest absolute Gasteiger partial charge is 0.218 e. The van der Waals surface area contributed by atoms with Gasteiger partial charge in [-0.25, -0.2) is 0 Å². The van der Waals surface area contributed by atoms with Crippen LogP contribution >= 0.6 is 11.3 Å². The van der Waals surface area contributed by atoms with Gasteiger partial charge in [0.2, 0.25) is 11.8 Å². The highest BCUT2D eigenvalue weighted by atomic mass is 32.1. The zero-order chi connectivity index (χ0) is 13.5. The van der Waals surface area contributed by atoms with Crippen molar-refractivity contribution in [2.45, 2.75) is 44.9 Å². The number of carbonyl (C=O) groups excluding carboxylic acids is 2. The van der Waals surface area contributed by atoms with Gasteiger partial charge < -0.3 is 11.5 Å². The van der Waals surface area contributed by atoms with Gasteiger partial charge in [0, 0.05) is 23.6 Å². The van der Waals surface area contributed by atoms with Crippen molar-refractivity contribution in [1.82, 2.24) is 0 Å². The van der Waals surface area contributed by atoms with E-state index in [-0.39, 0.29) is 18.8 Å². The van der Waals surface area contributed by atoms with Crippen LogP contribution in [0.1, 0.15) is 49.0 Å². The van der Waals surface area contributed by atoms with Crippen molar-refractivity contribution in [2.24, 2.45) is 11.5 Å². The highest BCUT2D eigenvalue weighted by Crippen LogP contribution is 2.32. The Morgan fingerprint density at radius 2 is 1.89 bits per heavy atom. The SMILES string of the molecule is CCCCc1ccsc1C(CC(N)=O)CC(N)=O. The normalized spacial score (nSPS) is 10.8. The van der Waals surface area contributed by atoms with Crippen LogP contribution in [0.2, 0.25) is 0 Å². The Kier molecular flexibility index (Phi) is 5.85. The van der Waals surface area contributed by atoms with Crippen LogP contribution in [-0.2, 0) is 16.0 Å². The molecule has 0 fully saturated rings. The van der Waals surface area contributed by atoms with Gasteiger partial charge in [-0.2, -0.15) is 0 Å².